The quantitative estimate of drug-likeness (QED) is 0.618. The molecule has 2 N–H and O–H groups in total. The largest absolute Gasteiger partial charge is 0.508 e. The molecule has 2 aromatic carbocycles. The Hall–Kier alpha value is -3.59. The molecule has 0 saturated carbocycles. The van der Waals surface area contributed by atoms with Crippen molar-refractivity contribution in [2.24, 2.45) is 0 Å². The lowest BCUT2D eigenvalue weighted by atomic mass is 9.96. The molecule has 0 aromatic heterocycles. The van der Waals surface area contributed by atoms with Crippen LogP contribution in [0.2, 0.25) is 0 Å². The van der Waals surface area contributed by atoms with Gasteiger partial charge >= 0.3 is 6.03 Å². The minimum Gasteiger partial charge on any atom is -0.508 e. The minimum atomic E-state index is -0.737. The number of hydrogen-bond acceptors (Lipinski definition) is 5. The lowest BCUT2D eigenvalue weighted by Gasteiger charge is -2.55. The van der Waals surface area contributed by atoms with Gasteiger partial charge in [0.05, 0.1) is 13.1 Å². The molecule has 2 aliphatic heterocycles. The van der Waals surface area contributed by atoms with Crippen molar-refractivity contribution in [3.63, 3.8) is 0 Å². The fraction of sp³-hybridized carbons (Fsp3) is 0.444. The van der Waals surface area contributed by atoms with E-state index in [0.29, 0.717) is 13.0 Å². The first kappa shape index (κ1) is 25.5. The zero-order chi connectivity index (χ0) is 25.8. The van der Waals surface area contributed by atoms with Gasteiger partial charge < -0.3 is 20.2 Å². The molecule has 2 aliphatic rings. The van der Waals surface area contributed by atoms with Crippen molar-refractivity contribution in [3.05, 3.63) is 65.7 Å². The van der Waals surface area contributed by atoms with E-state index in [0.717, 1.165) is 24.0 Å². The van der Waals surface area contributed by atoms with E-state index in [2.05, 4.69) is 5.32 Å². The van der Waals surface area contributed by atoms with Crippen LogP contribution in [0.5, 0.6) is 5.75 Å². The van der Waals surface area contributed by atoms with Gasteiger partial charge in [0.25, 0.3) is 0 Å². The maximum Gasteiger partial charge on any atom is 0.334 e. The highest BCUT2D eigenvalue weighted by atomic mass is 16.3. The van der Waals surface area contributed by atoms with Crippen molar-refractivity contribution in [2.45, 2.75) is 57.9 Å². The summed E-state index contributed by atoms with van der Waals surface area (Å²) in [6.45, 7) is 4.71. The first-order chi connectivity index (χ1) is 17.3. The molecule has 9 heteroatoms. The van der Waals surface area contributed by atoms with Gasteiger partial charge in [-0.15, -0.1) is 0 Å². The molecule has 2 saturated heterocycles. The van der Waals surface area contributed by atoms with Crippen LogP contribution in [0.15, 0.2) is 54.6 Å². The maximum atomic E-state index is 13.8. The van der Waals surface area contributed by atoms with Crippen LogP contribution in [0.25, 0.3) is 0 Å². The number of rotatable bonds is 7. The molecule has 0 radical (unpaired) electrons. The van der Waals surface area contributed by atoms with Gasteiger partial charge in [-0.2, -0.15) is 0 Å². The molecule has 0 bridgehead atoms. The average Bonchev–Trinajstić information content (AvgIpc) is 2.87. The number of hydrogen-bond donors (Lipinski definition) is 2. The highest BCUT2D eigenvalue weighted by Gasteiger charge is 2.51. The van der Waals surface area contributed by atoms with E-state index >= 15 is 0 Å². The Morgan fingerprint density at radius 1 is 1.03 bits per heavy atom. The molecule has 0 spiro atoms. The number of piperazine rings is 1. The number of aromatic hydroxyl groups is 1. The highest BCUT2D eigenvalue weighted by molar-refractivity contribution is 5.91. The molecule has 36 heavy (non-hydrogen) atoms. The summed E-state index contributed by atoms with van der Waals surface area (Å²) in [5.41, 5.74) is 1.81. The number of urea groups is 1. The SMILES string of the molecule is CCC(CC)N1C[C@H]2N(C(=O)CN(C)N2C(=O)NCc2ccccc2)[C@@H](Cc2ccc(O)cc2)C1=O. The Bertz CT molecular complexity index is 1070. The fourth-order valence-corrected chi connectivity index (χ4v) is 5.23. The Balaban J connectivity index is 1.65. The highest BCUT2D eigenvalue weighted by Crippen LogP contribution is 2.30. The molecule has 4 rings (SSSR count). The third kappa shape index (κ3) is 5.16. The van der Waals surface area contributed by atoms with Crippen molar-refractivity contribution in [2.75, 3.05) is 20.1 Å². The number of nitrogens with zero attached hydrogens (tertiary/aromatic N) is 4. The molecular weight excluding hydrogens is 458 g/mol. The van der Waals surface area contributed by atoms with Gasteiger partial charge in [-0.25, -0.2) is 14.8 Å². The number of benzene rings is 2. The van der Waals surface area contributed by atoms with E-state index in [4.69, 9.17) is 0 Å². The van der Waals surface area contributed by atoms with Crippen molar-refractivity contribution >= 4 is 17.8 Å². The third-order valence-electron chi connectivity index (χ3n) is 7.13. The third-order valence-corrected chi connectivity index (χ3v) is 7.13. The number of phenols is 1. The molecule has 9 nitrogen and oxygen atoms in total. The van der Waals surface area contributed by atoms with Crippen LogP contribution in [0, 0.1) is 0 Å². The van der Waals surface area contributed by atoms with Gasteiger partial charge in [0.2, 0.25) is 11.8 Å². The normalized spacial score (nSPS) is 20.6. The second kappa shape index (κ2) is 11.0. The van der Waals surface area contributed by atoms with Gasteiger partial charge in [-0.1, -0.05) is 56.3 Å². The summed E-state index contributed by atoms with van der Waals surface area (Å²) in [6.07, 6.45) is 1.25. The molecule has 4 amide bonds. The summed E-state index contributed by atoms with van der Waals surface area (Å²) < 4.78 is 0. The molecule has 192 valence electrons. The minimum absolute atomic E-state index is 0.000398. The molecular formula is C27H35N5O4. The van der Waals surface area contributed by atoms with Gasteiger partial charge in [-0.05, 0) is 36.1 Å². The van der Waals surface area contributed by atoms with E-state index < -0.39 is 12.2 Å². The van der Waals surface area contributed by atoms with Crippen LogP contribution in [0.1, 0.15) is 37.8 Å². The Morgan fingerprint density at radius 2 is 1.69 bits per heavy atom. The first-order valence-corrected chi connectivity index (χ1v) is 12.6. The molecule has 2 fully saturated rings. The summed E-state index contributed by atoms with van der Waals surface area (Å²) in [5.74, 6) is -0.145. The van der Waals surface area contributed by atoms with E-state index in [1.807, 2.05) is 49.1 Å². The average molecular weight is 494 g/mol. The van der Waals surface area contributed by atoms with Crippen molar-refractivity contribution in [1.82, 2.24) is 25.1 Å². The van der Waals surface area contributed by atoms with Gasteiger partial charge in [-0.3, -0.25) is 9.59 Å². The Kier molecular flexibility index (Phi) is 7.79. The van der Waals surface area contributed by atoms with E-state index in [1.165, 1.54) is 0 Å². The van der Waals surface area contributed by atoms with Crippen LogP contribution in [-0.2, 0) is 22.6 Å². The summed E-state index contributed by atoms with van der Waals surface area (Å²) in [7, 11) is 1.73. The molecule has 2 aromatic rings. The first-order valence-electron chi connectivity index (χ1n) is 12.6. The molecule has 2 heterocycles. The van der Waals surface area contributed by atoms with Gasteiger partial charge in [0.1, 0.15) is 18.0 Å². The van der Waals surface area contributed by atoms with Crippen molar-refractivity contribution in [3.8, 4) is 5.75 Å². The number of hydrazine groups is 1. The number of carbonyl (C=O) groups excluding carboxylic acids is 3. The van der Waals surface area contributed by atoms with Crippen LogP contribution >= 0.6 is 0 Å². The Labute approximate surface area is 212 Å². The summed E-state index contributed by atoms with van der Waals surface area (Å²) in [4.78, 5) is 44.0. The molecule has 0 aliphatic carbocycles. The predicted molar refractivity (Wildman–Crippen MR) is 135 cm³/mol. The monoisotopic (exact) mass is 493 g/mol. The van der Waals surface area contributed by atoms with Gasteiger partial charge in [0.15, 0.2) is 0 Å². The fourth-order valence-electron chi connectivity index (χ4n) is 5.23. The molecule has 0 unspecified atom stereocenters. The zero-order valence-electron chi connectivity index (χ0n) is 21.1. The lowest BCUT2D eigenvalue weighted by Crippen LogP contribution is -2.76. The number of carbonyl (C=O) groups is 3. The van der Waals surface area contributed by atoms with Crippen molar-refractivity contribution < 1.29 is 19.5 Å². The van der Waals surface area contributed by atoms with E-state index in [1.54, 1.807) is 46.2 Å². The van der Waals surface area contributed by atoms with E-state index in [-0.39, 0.29) is 42.7 Å². The van der Waals surface area contributed by atoms with Crippen molar-refractivity contribution in [1.29, 1.82) is 0 Å². The summed E-state index contributed by atoms with van der Waals surface area (Å²) >= 11 is 0. The van der Waals surface area contributed by atoms with Gasteiger partial charge in [0, 0.05) is 26.1 Å². The topological polar surface area (TPSA) is 96.4 Å². The van der Waals surface area contributed by atoms with Crippen LogP contribution in [0.3, 0.4) is 0 Å². The maximum absolute atomic E-state index is 13.8. The van der Waals surface area contributed by atoms with Crippen LogP contribution in [-0.4, -0.2) is 81.2 Å². The smallest absolute Gasteiger partial charge is 0.334 e. The predicted octanol–water partition coefficient (Wildman–Crippen LogP) is 2.56. The van der Waals surface area contributed by atoms with E-state index in [9.17, 15) is 19.5 Å². The number of nitrogens with one attached hydrogen (secondary N) is 1. The second-order valence-electron chi connectivity index (χ2n) is 9.43. The number of amides is 4. The Morgan fingerprint density at radius 3 is 2.33 bits per heavy atom. The van der Waals surface area contributed by atoms with Crippen LogP contribution < -0.4 is 5.32 Å². The van der Waals surface area contributed by atoms with Crippen LogP contribution in [0.4, 0.5) is 4.79 Å². The standard InChI is InChI=1S/C27H35N5O4/c1-4-21(5-2)30-17-24-31(23(26(30)35)15-19-11-13-22(33)14-12-19)25(34)18-29(3)32(24)27(36)28-16-20-9-7-6-8-10-20/h6-14,21,23-24,33H,4-5,15-18H2,1-3H3,(H,28,36)/t23-,24-/m0/s1. The number of phenolic OH excluding ortho intramolecular Hbond substituents is 1. The zero-order valence-corrected chi connectivity index (χ0v) is 21.1. The second-order valence-corrected chi connectivity index (χ2v) is 9.43. The number of likely N-dealkylation sites (N-methyl/N-ethyl adjacent to an activating group) is 1. The lowest BCUT2D eigenvalue weighted by molar-refractivity contribution is -0.189. The summed E-state index contributed by atoms with van der Waals surface area (Å²) in [5, 5.41) is 15.9. The molecule has 2 atom stereocenters. The number of fused-ring (bicyclic) bond motifs is 1. The summed E-state index contributed by atoms with van der Waals surface area (Å²) in [6, 6.07) is 15.3.